The van der Waals surface area contributed by atoms with Gasteiger partial charge in [0.05, 0.1) is 11.3 Å². The predicted molar refractivity (Wildman–Crippen MR) is 108 cm³/mol. The number of benzene rings is 3. The fourth-order valence-electron chi connectivity index (χ4n) is 3.09. The van der Waals surface area contributed by atoms with Crippen LogP contribution in [0, 0.1) is 0 Å². The molecule has 0 aliphatic heterocycles. The molecule has 3 rings (SSSR count). The van der Waals surface area contributed by atoms with Crippen LogP contribution in [0.2, 0.25) is 0 Å². The monoisotopic (exact) mass is 412 g/mol. The Morgan fingerprint density at radius 3 is 1.77 bits per heavy atom. The first-order chi connectivity index (χ1) is 14.4. The lowest BCUT2D eigenvalue weighted by Crippen LogP contribution is -2.38. The molecule has 0 radical (unpaired) electrons. The lowest BCUT2D eigenvalue weighted by Gasteiger charge is -2.19. The third kappa shape index (κ3) is 5.26. The summed E-state index contributed by atoms with van der Waals surface area (Å²) >= 11 is 0. The minimum Gasteiger partial charge on any atom is -0.347 e. The molecule has 0 aliphatic carbocycles. The number of hydrogen-bond acceptors (Lipinski definition) is 2. The fourth-order valence-corrected chi connectivity index (χ4v) is 3.09. The van der Waals surface area contributed by atoms with Crippen LogP contribution in [0.4, 0.5) is 18.9 Å². The molecule has 0 fully saturated rings. The minimum atomic E-state index is -4.65. The van der Waals surface area contributed by atoms with Crippen molar-refractivity contribution in [1.82, 2.24) is 5.32 Å². The zero-order valence-electron chi connectivity index (χ0n) is 15.8. The number of carbonyl (C=O) groups excluding carboxylic acids is 2. The number of carbonyl (C=O) groups is 2. The molecule has 30 heavy (non-hydrogen) atoms. The van der Waals surface area contributed by atoms with Gasteiger partial charge in [0.25, 0.3) is 0 Å². The smallest absolute Gasteiger partial charge is 0.347 e. The average Bonchev–Trinajstić information content (AvgIpc) is 2.75. The number of anilines is 1. The number of alkyl halides is 3. The molecule has 2 N–H and O–H groups in total. The molecular weight excluding hydrogens is 393 g/mol. The van der Waals surface area contributed by atoms with Gasteiger partial charge in [-0.2, -0.15) is 13.2 Å². The van der Waals surface area contributed by atoms with E-state index < -0.39 is 29.2 Å². The zero-order chi connectivity index (χ0) is 21.6. The van der Waals surface area contributed by atoms with Crippen LogP contribution in [0.1, 0.15) is 22.6 Å². The van der Waals surface area contributed by atoms with Crippen LogP contribution < -0.4 is 10.6 Å². The second kappa shape index (κ2) is 9.26. The molecule has 0 saturated carbocycles. The number of halogens is 3. The average molecular weight is 412 g/mol. The highest BCUT2D eigenvalue weighted by atomic mass is 19.4. The molecule has 0 unspecified atom stereocenters. The van der Waals surface area contributed by atoms with Gasteiger partial charge in [-0.25, -0.2) is 0 Å². The third-order valence-electron chi connectivity index (χ3n) is 4.56. The van der Waals surface area contributed by atoms with Crippen LogP contribution in [0.25, 0.3) is 0 Å². The van der Waals surface area contributed by atoms with Crippen molar-refractivity contribution in [2.24, 2.45) is 0 Å². The molecule has 2 amide bonds. The molecule has 3 aromatic carbocycles. The summed E-state index contributed by atoms with van der Waals surface area (Å²) in [6.45, 7) is 0.112. The highest BCUT2D eigenvalue weighted by Crippen LogP contribution is 2.34. The van der Waals surface area contributed by atoms with E-state index in [1.807, 2.05) is 66.0 Å². The maximum Gasteiger partial charge on any atom is 0.418 e. The summed E-state index contributed by atoms with van der Waals surface area (Å²) < 4.78 is 39.2. The van der Waals surface area contributed by atoms with Crippen molar-refractivity contribution in [1.29, 1.82) is 0 Å². The van der Waals surface area contributed by atoms with Gasteiger partial charge in [-0.3, -0.25) is 9.59 Å². The first kappa shape index (κ1) is 21.1. The molecule has 0 spiro atoms. The van der Waals surface area contributed by atoms with E-state index in [0.717, 1.165) is 23.3 Å². The normalized spacial score (nSPS) is 11.2. The SMILES string of the molecule is O=C(NCC(c1ccccc1)c1ccccc1)C(=O)Nc1ccccc1C(F)(F)F. The van der Waals surface area contributed by atoms with E-state index in [0.29, 0.717) is 0 Å². The standard InChI is InChI=1S/C23H19F3N2O2/c24-23(25,26)19-13-7-8-14-20(19)28-22(30)21(29)27-15-18(16-9-3-1-4-10-16)17-11-5-2-6-12-17/h1-14,18H,15H2,(H,27,29)(H,28,30). The Balaban J connectivity index is 1.71. The maximum atomic E-state index is 13.1. The van der Waals surface area contributed by atoms with E-state index in [1.165, 1.54) is 12.1 Å². The molecule has 154 valence electrons. The van der Waals surface area contributed by atoms with Gasteiger partial charge in [0, 0.05) is 12.5 Å². The van der Waals surface area contributed by atoms with E-state index in [1.54, 1.807) is 0 Å². The van der Waals surface area contributed by atoms with Crippen molar-refractivity contribution in [3.8, 4) is 0 Å². The van der Waals surface area contributed by atoms with Gasteiger partial charge < -0.3 is 10.6 Å². The van der Waals surface area contributed by atoms with Crippen LogP contribution >= 0.6 is 0 Å². The van der Waals surface area contributed by atoms with E-state index >= 15 is 0 Å². The first-order valence-corrected chi connectivity index (χ1v) is 9.21. The Morgan fingerprint density at radius 1 is 0.733 bits per heavy atom. The summed E-state index contributed by atoms with van der Waals surface area (Å²) in [7, 11) is 0. The van der Waals surface area contributed by atoms with Crippen molar-refractivity contribution < 1.29 is 22.8 Å². The molecule has 0 atom stereocenters. The summed E-state index contributed by atoms with van der Waals surface area (Å²) in [5, 5.41) is 4.57. The molecule has 3 aromatic rings. The van der Waals surface area contributed by atoms with Crippen molar-refractivity contribution in [3.05, 3.63) is 102 Å². The van der Waals surface area contributed by atoms with Crippen LogP contribution in [-0.4, -0.2) is 18.4 Å². The van der Waals surface area contributed by atoms with Gasteiger partial charge in [-0.15, -0.1) is 0 Å². The van der Waals surface area contributed by atoms with Gasteiger partial charge in [0.2, 0.25) is 0 Å². The van der Waals surface area contributed by atoms with Gasteiger partial charge in [0.15, 0.2) is 0 Å². The van der Waals surface area contributed by atoms with Gasteiger partial charge in [0.1, 0.15) is 0 Å². The molecule has 0 aromatic heterocycles. The minimum absolute atomic E-state index is 0.112. The summed E-state index contributed by atoms with van der Waals surface area (Å²) in [4.78, 5) is 24.5. The van der Waals surface area contributed by atoms with Crippen LogP contribution in [0.3, 0.4) is 0 Å². The van der Waals surface area contributed by atoms with Crippen molar-refractivity contribution in [2.75, 3.05) is 11.9 Å². The fraction of sp³-hybridized carbons (Fsp3) is 0.130. The zero-order valence-corrected chi connectivity index (χ0v) is 15.8. The van der Waals surface area contributed by atoms with Gasteiger partial charge in [-0.05, 0) is 23.3 Å². The van der Waals surface area contributed by atoms with Crippen molar-refractivity contribution in [3.63, 3.8) is 0 Å². The molecule has 0 aliphatic rings. The Hall–Kier alpha value is -3.61. The molecule has 0 bridgehead atoms. The Kier molecular flexibility index (Phi) is 6.51. The predicted octanol–water partition coefficient (Wildman–Crippen LogP) is 4.59. The van der Waals surface area contributed by atoms with Crippen LogP contribution in [-0.2, 0) is 15.8 Å². The summed E-state index contributed by atoms with van der Waals surface area (Å²) in [5.74, 6) is -2.39. The Morgan fingerprint density at radius 2 is 1.23 bits per heavy atom. The third-order valence-corrected chi connectivity index (χ3v) is 4.56. The van der Waals surface area contributed by atoms with Gasteiger partial charge >= 0.3 is 18.0 Å². The van der Waals surface area contributed by atoms with Gasteiger partial charge in [-0.1, -0.05) is 72.8 Å². The van der Waals surface area contributed by atoms with Crippen LogP contribution in [0.15, 0.2) is 84.9 Å². The molecule has 0 saturated heterocycles. The summed E-state index contributed by atoms with van der Waals surface area (Å²) in [6.07, 6.45) is -4.65. The lowest BCUT2D eigenvalue weighted by atomic mass is 9.91. The number of hydrogen-bond donors (Lipinski definition) is 2. The number of para-hydroxylation sites is 1. The number of amides is 2. The summed E-state index contributed by atoms with van der Waals surface area (Å²) in [6, 6.07) is 23.3. The maximum absolute atomic E-state index is 13.1. The molecule has 4 nitrogen and oxygen atoms in total. The highest BCUT2D eigenvalue weighted by Gasteiger charge is 2.34. The van der Waals surface area contributed by atoms with E-state index in [2.05, 4.69) is 5.32 Å². The highest BCUT2D eigenvalue weighted by molar-refractivity contribution is 6.39. The first-order valence-electron chi connectivity index (χ1n) is 9.21. The summed E-state index contributed by atoms with van der Waals surface area (Å²) in [5.41, 5.74) is 0.393. The number of rotatable bonds is 5. The number of nitrogens with one attached hydrogen (secondary N) is 2. The molecular formula is C23H19F3N2O2. The largest absolute Gasteiger partial charge is 0.418 e. The molecule has 0 heterocycles. The topological polar surface area (TPSA) is 58.2 Å². The van der Waals surface area contributed by atoms with Crippen molar-refractivity contribution >= 4 is 17.5 Å². The van der Waals surface area contributed by atoms with Crippen LogP contribution in [0.5, 0.6) is 0 Å². The Labute approximate surface area is 171 Å². The van der Waals surface area contributed by atoms with E-state index in [9.17, 15) is 22.8 Å². The molecule has 7 heteroatoms. The lowest BCUT2D eigenvalue weighted by molar-refractivity contribution is -0.138. The van der Waals surface area contributed by atoms with E-state index in [4.69, 9.17) is 0 Å². The van der Waals surface area contributed by atoms with E-state index in [-0.39, 0.29) is 12.5 Å². The van der Waals surface area contributed by atoms with Crippen molar-refractivity contribution in [2.45, 2.75) is 12.1 Å². The quantitative estimate of drug-likeness (QED) is 0.602. The Bertz CT molecular complexity index is 966. The second-order valence-electron chi connectivity index (χ2n) is 6.58. The second-order valence-corrected chi connectivity index (χ2v) is 6.58.